The first-order valence-electron chi connectivity index (χ1n) is 5.29. The van der Waals surface area contributed by atoms with Crippen molar-refractivity contribution in [3.8, 4) is 0 Å². The molecule has 0 aliphatic rings. The molecule has 3 N–H and O–H groups in total. The highest BCUT2D eigenvalue weighted by Crippen LogP contribution is 2.32. The van der Waals surface area contributed by atoms with Gasteiger partial charge < -0.3 is 11.1 Å². The Morgan fingerprint density at radius 1 is 1.44 bits per heavy atom. The molecule has 1 amide bonds. The summed E-state index contributed by atoms with van der Waals surface area (Å²) >= 11 is 11.9. The van der Waals surface area contributed by atoms with E-state index >= 15 is 0 Å². The Kier molecular flexibility index (Phi) is 5.44. The zero-order valence-electron chi connectivity index (χ0n) is 10.00. The van der Waals surface area contributed by atoms with Crippen molar-refractivity contribution in [1.82, 2.24) is 0 Å². The van der Waals surface area contributed by atoms with Gasteiger partial charge in [-0.05, 0) is 19.1 Å². The lowest BCUT2D eigenvalue weighted by molar-refractivity contribution is -0.115. The number of anilines is 2. The number of nitrogens with one attached hydrogen (secondary N) is 1. The molecule has 0 aliphatic heterocycles. The second-order valence-electron chi connectivity index (χ2n) is 3.66. The number of carbonyl (C=O) groups excluding carboxylic acids is 1. The second kappa shape index (κ2) is 6.41. The van der Waals surface area contributed by atoms with Gasteiger partial charge in [0.25, 0.3) is 0 Å². The van der Waals surface area contributed by atoms with Crippen LogP contribution in [0.3, 0.4) is 0 Å². The summed E-state index contributed by atoms with van der Waals surface area (Å²) in [6, 6.07) is 2.98. The maximum atomic E-state index is 11.8. The summed E-state index contributed by atoms with van der Waals surface area (Å²) in [5.74, 6) is 0.0291. The number of amides is 1. The van der Waals surface area contributed by atoms with Gasteiger partial charge in [-0.2, -0.15) is 0 Å². The van der Waals surface area contributed by atoms with Gasteiger partial charge in [-0.1, -0.05) is 30.1 Å². The molecule has 4 nitrogen and oxygen atoms in total. The van der Waals surface area contributed by atoms with Crippen molar-refractivity contribution >= 4 is 51.3 Å². The van der Waals surface area contributed by atoms with E-state index in [4.69, 9.17) is 28.9 Å². The number of nitrogen functional groups attached to an aromatic ring is 1. The summed E-state index contributed by atoms with van der Waals surface area (Å²) in [4.78, 5) is 11.8. The van der Waals surface area contributed by atoms with Gasteiger partial charge >= 0.3 is 0 Å². The van der Waals surface area contributed by atoms with Gasteiger partial charge in [0.1, 0.15) is 5.25 Å². The smallest absolute Gasteiger partial charge is 0.239 e. The van der Waals surface area contributed by atoms with Crippen LogP contribution in [0.1, 0.15) is 13.8 Å². The lowest BCUT2D eigenvalue weighted by Gasteiger charge is -2.13. The molecule has 1 aromatic carbocycles. The highest BCUT2D eigenvalue weighted by molar-refractivity contribution is 7.86. The SMILES string of the molecule is CCS(=O)C(C)C(=O)Nc1c(Cl)cc(N)cc1Cl. The van der Waals surface area contributed by atoms with E-state index in [2.05, 4.69) is 5.32 Å². The minimum Gasteiger partial charge on any atom is -0.399 e. The van der Waals surface area contributed by atoms with Crippen molar-refractivity contribution < 1.29 is 9.00 Å². The third-order valence-electron chi connectivity index (χ3n) is 2.36. The van der Waals surface area contributed by atoms with Crippen molar-refractivity contribution in [3.05, 3.63) is 22.2 Å². The summed E-state index contributed by atoms with van der Waals surface area (Å²) in [7, 11) is -1.22. The van der Waals surface area contributed by atoms with Gasteiger partial charge in [0.2, 0.25) is 5.91 Å². The van der Waals surface area contributed by atoms with Gasteiger partial charge in [0.05, 0.1) is 15.7 Å². The minimum atomic E-state index is -1.22. The summed E-state index contributed by atoms with van der Waals surface area (Å²) in [6.45, 7) is 3.34. The van der Waals surface area contributed by atoms with Crippen LogP contribution in [0.4, 0.5) is 11.4 Å². The Labute approximate surface area is 118 Å². The van der Waals surface area contributed by atoms with E-state index < -0.39 is 16.0 Å². The Bertz CT molecular complexity index is 471. The number of carbonyl (C=O) groups is 1. The van der Waals surface area contributed by atoms with Gasteiger partial charge in [-0.25, -0.2) is 0 Å². The molecule has 7 heteroatoms. The normalized spacial score (nSPS) is 14.0. The zero-order chi connectivity index (χ0) is 13.9. The molecule has 0 fully saturated rings. The summed E-state index contributed by atoms with van der Waals surface area (Å²) in [5, 5.41) is 2.45. The fraction of sp³-hybridized carbons (Fsp3) is 0.364. The van der Waals surface area contributed by atoms with Gasteiger partial charge in [0.15, 0.2) is 0 Å². The molecular formula is C11H14Cl2N2O2S. The molecule has 2 unspecified atom stereocenters. The van der Waals surface area contributed by atoms with E-state index in [9.17, 15) is 9.00 Å². The molecule has 2 atom stereocenters. The molecule has 18 heavy (non-hydrogen) atoms. The van der Waals surface area contributed by atoms with Crippen LogP contribution in [0.25, 0.3) is 0 Å². The number of benzene rings is 1. The van der Waals surface area contributed by atoms with Crippen molar-refractivity contribution in [2.24, 2.45) is 0 Å². The van der Waals surface area contributed by atoms with Crippen LogP contribution in [-0.4, -0.2) is 21.1 Å². The monoisotopic (exact) mass is 308 g/mol. The number of hydrogen-bond acceptors (Lipinski definition) is 3. The van der Waals surface area contributed by atoms with Gasteiger partial charge in [0, 0.05) is 22.2 Å². The number of nitrogens with two attached hydrogens (primary N) is 1. The summed E-state index contributed by atoms with van der Waals surface area (Å²) in [6.07, 6.45) is 0. The van der Waals surface area contributed by atoms with Crippen LogP contribution in [0.15, 0.2) is 12.1 Å². The average molecular weight is 309 g/mol. The highest BCUT2D eigenvalue weighted by atomic mass is 35.5. The molecule has 0 saturated carbocycles. The Balaban J connectivity index is 2.92. The molecule has 0 bridgehead atoms. The van der Waals surface area contributed by atoms with E-state index in [0.29, 0.717) is 11.4 Å². The van der Waals surface area contributed by atoms with Gasteiger partial charge in [-0.3, -0.25) is 9.00 Å². The molecule has 0 aliphatic carbocycles. The van der Waals surface area contributed by atoms with E-state index in [1.807, 2.05) is 0 Å². The van der Waals surface area contributed by atoms with Crippen molar-refractivity contribution in [2.75, 3.05) is 16.8 Å². The van der Waals surface area contributed by atoms with Crippen molar-refractivity contribution in [2.45, 2.75) is 19.1 Å². The van der Waals surface area contributed by atoms with Crippen molar-refractivity contribution in [1.29, 1.82) is 0 Å². The first-order chi connectivity index (χ1) is 8.36. The predicted molar refractivity (Wildman–Crippen MR) is 77.6 cm³/mol. The lowest BCUT2D eigenvalue weighted by Crippen LogP contribution is -2.30. The minimum absolute atomic E-state index is 0.253. The van der Waals surface area contributed by atoms with E-state index in [0.717, 1.165) is 0 Å². The third kappa shape index (κ3) is 3.60. The molecular weight excluding hydrogens is 295 g/mol. The third-order valence-corrected chi connectivity index (χ3v) is 4.53. The van der Waals surface area contributed by atoms with Crippen LogP contribution in [0.5, 0.6) is 0 Å². The van der Waals surface area contributed by atoms with E-state index in [1.54, 1.807) is 13.8 Å². The fourth-order valence-corrected chi connectivity index (χ4v) is 2.70. The van der Waals surface area contributed by atoms with Crippen molar-refractivity contribution in [3.63, 3.8) is 0 Å². The first kappa shape index (κ1) is 15.3. The number of halogens is 2. The number of hydrogen-bond donors (Lipinski definition) is 2. The Hall–Kier alpha value is -0.780. The van der Waals surface area contributed by atoms with Crippen LogP contribution in [0.2, 0.25) is 10.0 Å². The lowest BCUT2D eigenvalue weighted by atomic mass is 10.2. The van der Waals surface area contributed by atoms with Crippen LogP contribution < -0.4 is 11.1 Å². The molecule has 0 heterocycles. The average Bonchev–Trinajstić information content (AvgIpc) is 2.31. The summed E-state index contributed by atoms with van der Waals surface area (Å²) < 4.78 is 11.5. The highest BCUT2D eigenvalue weighted by Gasteiger charge is 2.20. The second-order valence-corrected chi connectivity index (χ2v) is 6.52. The van der Waals surface area contributed by atoms with E-state index in [-0.39, 0.29) is 21.6 Å². The van der Waals surface area contributed by atoms with Crippen LogP contribution in [0, 0.1) is 0 Å². The quantitative estimate of drug-likeness (QED) is 0.840. The topological polar surface area (TPSA) is 72.2 Å². The maximum absolute atomic E-state index is 11.8. The maximum Gasteiger partial charge on any atom is 0.239 e. The molecule has 0 saturated heterocycles. The molecule has 1 aromatic rings. The first-order valence-corrected chi connectivity index (χ1v) is 7.43. The standard InChI is InChI=1S/C11H14Cl2N2O2S/c1-3-18(17)6(2)11(16)15-10-8(12)4-7(14)5-9(10)13/h4-6H,3,14H2,1-2H3,(H,15,16). The molecule has 0 spiro atoms. The Morgan fingerprint density at radius 2 is 1.94 bits per heavy atom. The number of rotatable bonds is 4. The summed E-state index contributed by atoms with van der Waals surface area (Å²) in [5.41, 5.74) is 6.26. The van der Waals surface area contributed by atoms with E-state index in [1.165, 1.54) is 12.1 Å². The molecule has 1 rings (SSSR count). The molecule has 100 valence electrons. The Morgan fingerprint density at radius 3 is 2.39 bits per heavy atom. The molecule has 0 radical (unpaired) electrons. The molecule has 0 aromatic heterocycles. The fourth-order valence-electron chi connectivity index (χ4n) is 1.31. The predicted octanol–water partition coefficient (Wildman–Crippen LogP) is 2.67. The van der Waals surface area contributed by atoms with Crippen LogP contribution >= 0.6 is 23.2 Å². The largest absolute Gasteiger partial charge is 0.399 e. The van der Waals surface area contributed by atoms with Gasteiger partial charge in [-0.15, -0.1) is 0 Å². The zero-order valence-corrected chi connectivity index (χ0v) is 12.3. The van der Waals surface area contributed by atoms with Crippen LogP contribution in [-0.2, 0) is 15.6 Å².